The molecule has 146 valence electrons. The largest absolute Gasteiger partial charge is 0.309 e. The molecule has 2 aliphatic rings. The zero-order valence-electron chi connectivity index (χ0n) is 16.2. The van der Waals surface area contributed by atoms with E-state index in [1.807, 2.05) is 24.3 Å². The van der Waals surface area contributed by atoms with Gasteiger partial charge in [-0.05, 0) is 60.8 Å². The van der Waals surface area contributed by atoms with Crippen molar-refractivity contribution in [1.82, 2.24) is 5.32 Å². The van der Waals surface area contributed by atoms with Crippen molar-refractivity contribution < 1.29 is 0 Å². The first-order chi connectivity index (χ1) is 14.1. The maximum atomic E-state index is 6.39. The van der Waals surface area contributed by atoms with Gasteiger partial charge in [0.15, 0.2) is 0 Å². The molecule has 0 aliphatic carbocycles. The number of rotatable bonds is 2. The zero-order chi connectivity index (χ0) is 20.0. The molecular weight excluding hydrogens is 399 g/mol. The van der Waals surface area contributed by atoms with Gasteiger partial charge in [-0.15, -0.1) is 0 Å². The van der Waals surface area contributed by atoms with Gasteiger partial charge in [-0.3, -0.25) is 4.99 Å². The maximum absolute atomic E-state index is 6.39. The Morgan fingerprint density at radius 1 is 0.931 bits per heavy atom. The van der Waals surface area contributed by atoms with E-state index in [2.05, 4.69) is 60.9 Å². The Morgan fingerprint density at radius 3 is 2.55 bits per heavy atom. The number of benzene rings is 3. The van der Waals surface area contributed by atoms with E-state index in [1.165, 1.54) is 22.3 Å². The molecule has 1 saturated heterocycles. The van der Waals surface area contributed by atoms with Gasteiger partial charge in [0.05, 0.1) is 11.1 Å². The molecule has 3 atom stereocenters. The summed E-state index contributed by atoms with van der Waals surface area (Å²) in [6, 6.07) is 23.3. The van der Waals surface area contributed by atoms with E-state index in [-0.39, 0.29) is 17.4 Å². The summed E-state index contributed by atoms with van der Waals surface area (Å²) >= 11 is 12.7. The number of aryl methyl sites for hydroxylation is 1. The first-order valence-corrected chi connectivity index (χ1v) is 10.7. The van der Waals surface area contributed by atoms with Crippen molar-refractivity contribution >= 4 is 35.1 Å². The second-order valence-corrected chi connectivity index (χ2v) is 8.92. The van der Waals surface area contributed by atoms with Crippen LogP contribution in [-0.2, 0) is 5.41 Å². The van der Waals surface area contributed by atoms with E-state index < -0.39 is 0 Å². The summed E-state index contributed by atoms with van der Waals surface area (Å²) in [6.07, 6.45) is 3.16. The predicted molar refractivity (Wildman–Crippen MR) is 122 cm³/mol. The lowest BCUT2D eigenvalue weighted by molar-refractivity contribution is 0.270. The minimum atomic E-state index is -0.295. The zero-order valence-corrected chi connectivity index (χ0v) is 17.7. The molecule has 2 heterocycles. The van der Waals surface area contributed by atoms with Gasteiger partial charge in [-0.2, -0.15) is 0 Å². The van der Waals surface area contributed by atoms with E-state index in [4.69, 9.17) is 28.2 Å². The number of hydrogen-bond donors (Lipinski definition) is 1. The second-order valence-electron chi connectivity index (χ2n) is 8.05. The summed E-state index contributed by atoms with van der Waals surface area (Å²) < 4.78 is 0. The molecule has 3 aromatic carbocycles. The Hall–Kier alpha value is -2.13. The highest BCUT2D eigenvalue weighted by molar-refractivity contribution is 6.31. The molecule has 2 nitrogen and oxygen atoms in total. The highest BCUT2D eigenvalue weighted by Crippen LogP contribution is 2.56. The minimum absolute atomic E-state index is 0.117. The average molecular weight is 421 g/mol. The van der Waals surface area contributed by atoms with Crippen LogP contribution in [0.25, 0.3) is 0 Å². The Morgan fingerprint density at radius 2 is 1.72 bits per heavy atom. The number of nitrogens with one attached hydrogen (secondary N) is 1. The molecule has 29 heavy (non-hydrogen) atoms. The summed E-state index contributed by atoms with van der Waals surface area (Å²) in [5.74, 6) is 0.263. The standard InChI is InChI=1S/C25H22Cl2N2/c1-16-4-2-6-18(12-16)24-25(15-29-23-14-20(27)8-9-22(23)25)21(10-11-28-24)17-5-3-7-19(26)13-17/h2-9,12-15,21,24,28H,10-11H2,1H3/t21-,24+,25-/m0/s1. The minimum Gasteiger partial charge on any atom is -0.309 e. The van der Waals surface area contributed by atoms with E-state index in [1.54, 1.807) is 0 Å². The van der Waals surface area contributed by atoms with Gasteiger partial charge in [0, 0.05) is 28.2 Å². The van der Waals surface area contributed by atoms with Crippen molar-refractivity contribution in [2.45, 2.75) is 30.7 Å². The summed E-state index contributed by atoms with van der Waals surface area (Å²) in [6.45, 7) is 3.08. The van der Waals surface area contributed by atoms with E-state index in [9.17, 15) is 0 Å². The monoisotopic (exact) mass is 420 g/mol. The number of aliphatic imine (C=N–C) groups is 1. The SMILES string of the molecule is Cc1cccc([C@H]2NCC[C@@H](c3cccc(Cl)c3)[C@]23C=Nc2cc(Cl)ccc23)c1. The fourth-order valence-corrected chi connectivity index (χ4v) is 5.49. The van der Waals surface area contributed by atoms with Crippen LogP contribution in [-0.4, -0.2) is 12.8 Å². The average Bonchev–Trinajstić information content (AvgIpc) is 3.06. The Bertz CT molecular complexity index is 1050. The second kappa shape index (κ2) is 7.28. The van der Waals surface area contributed by atoms with E-state index in [0.29, 0.717) is 5.02 Å². The van der Waals surface area contributed by atoms with Crippen molar-refractivity contribution in [2.24, 2.45) is 4.99 Å². The van der Waals surface area contributed by atoms with Crippen LogP contribution in [0.15, 0.2) is 71.7 Å². The third-order valence-corrected chi connectivity index (χ3v) is 6.78. The summed E-state index contributed by atoms with van der Waals surface area (Å²) in [7, 11) is 0. The third kappa shape index (κ3) is 3.11. The summed E-state index contributed by atoms with van der Waals surface area (Å²) in [5, 5.41) is 5.30. The molecule has 0 radical (unpaired) electrons. The van der Waals surface area contributed by atoms with Gasteiger partial charge in [-0.1, -0.05) is 71.2 Å². The molecule has 1 fully saturated rings. The van der Waals surface area contributed by atoms with Crippen LogP contribution in [0.2, 0.25) is 10.0 Å². The van der Waals surface area contributed by atoms with Crippen LogP contribution in [0.5, 0.6) is 0 Å². The third-order valence-electron chi connectivity index (χ3n) is 6.31. The van der Waals surface area contributed by atoms with Crippen LogP contribution < -0.4 is 5.32 Å². The Labute approximate surface area is 181 Å². The first-order valence-electron chi connectivity index (χ1n) is 9.98. The van der Waals surface area contributed by atoms with E-state index >= 15 is 0 Å². The molecular formula is C25H22Cl2N2. The predicted octanol–water partition coefficient (Wildman–Crippen LogP) is 6.77. The number of halogens is 2. The molecule has 3 aromatic rings. The topological polar surface area (TPSA) is 24.4 Å². The first kappa shape index (κ1) is 18.9. The van der Waals surface area contributed by atoms with Crippen molar-refractivity contribution in [3.05, 3.63) is 99.0 Å². The maximum Gasteiger partial charge on any atom is 0.0683 e. The number of hydrogen-bond acceptors (Lipinski definition) is 2. The van der Waals surface area contributed by atoms with Crippen molar-refractivity contribution in [2.75, 3.05) is 6.54 Å². The number of piperidine rings is 1. The molecule has 5 rings (SSSR count). The molecule has 2 aliphatic heterocycles. The van der Waals surface area contributed by atoms with Gasteiger partial charge in [0.25, 0.3) is 0 Å². The molecule has 0 amide bonds. The van der Waals surface area contributed by atoms with Gasteiger partial charge >= 0.3 is 0 Å². The van der Waals surface area contributed by atoms with Crippen LogP contribution >= 0.6 is 23.2 Å². The van der Waals surface area contributed by atoms with Crippen molar-refractivity contribution in [3.63, 3.8) is 0 Å². The normalized spacial score (nSPS) is 25.3. The summed E-state index contributed by atoms with van der Waals surface area (Å²) in [5.41, 5.74) is 5.69. The lowest BCUT2D eigenvalue weighted by Crippen LogP contribution is -2.51. The Balaban J connectivity index is 1.74. The van der Waals surface area contributed by atoms with Gasteiger partial charge in [-0.25, -0.2) is 0 Å². The molecule has 1 N–H and O–H groups in total. The van der Waals surface area contributed by atoms with Crippen LogP contribution in [0.1, 0.15) is 40.6 Å². The summed E-state index contributed by atoms with van der Waals surface area (Å²) in [4.78, 5) is 4.85. The van der Waals surface area contributed by atoms with Crippen molar-refractivity contribution in [3.8, 4) is 0 Å². The molecule has 0 unspecified atom stereocenters. The van der Waals surface area contributed by atoms with Crippen molar-refractivity contribution in [1.29, 1.82) is 0 Å². The molecule has 1 spiro atoms. The molecule has 0 bridgehead atoms. The van der Waals surface area contributed by atoms with E-state index in [0.717, 1.165) is 23.7 Å². The Kier molecular flexibility index (Phi) is 4.74. The smallest absolute Gasteiger partial charge is 0.0683 e. The van der Waals surface area contributed by atoms with Crippen LogP contribution in [0, 0.1) is 6.92 Å². The molecule has 0 aromatic heterocycles. The van der Waals surface area contributed by atoms with Crippen LogP contribution in [0.4, 0.5) is 5.69 Å². The van der Waals surface area contributed by atoms with Gasteiger partial charge in [0.1, 0.15) is 0 Å². The highest BCUT2D eigenvalue weighted by atomic mass is 35.5. The highest BCUT2D eigenvalue weighted by Gasteiger charge is 2.52. The van der Waals surface area contributed by atoms with Crippen LogP contribution in [0.3, 0.4) is 0 Å². The fourth-order valence-electron chi connectivity index (χ4n) is 5.12. The quantitative estimate of drug-likeness (QED) is 0.485. The number of fused-ring (bicyclic) bond motifs is 2. The fraction of sp³-hybridized carbons (Fsp3) is 0.240. The molecule has 4 heteroatoms. The lowest BCUT2D eigenvalue weighted by atomic mass is 9.60. The lowest BCUT2D eigenvalue weighted by Gasteiger charge is -2.47. The number of nitrogens with zero attached hydrogens (tertiary/aromatic N) is 1. The van der Waals surface area contributed by atoms with Gasteiger partial charge in [0.2, 0.25) is 0 Å². The van der Waals surface area contributed by atoms with Gasteiger partial charge < -0.3 is 5.32 Å². The molecule has 0 saturated carbocycles.